The van der Waals surface area contributed by atoms with Gasteiger partial charge >= 0.3 is 0 Å². The van der Waals surface area contributed by atoms with Crippen LogP contribution in [0, 0.1) is 6.92 Å². The second-order valence-corrected chi connectivity index (χ2v) is 5.86. The van der Waals surface area contributed by atoms with Crippen molar-refractivity contribution in [1.29, 1.82) is 0 Å². The monoisotopic (exact) mass is 319 g/mol. The maximum atomic E-state index is 12.6. The van der Waals surface area contributed by atoms with Crippen LogP contribution in [0.5, 0.6) is 0 Å². The number of aliphatic hydroxyl groups excluding tert-OH is 2. The highest BCUT2D eigenvalue weighted by Crippen LogP contribution is 2.30. The fourth-order valence-corrected chi connectivity index (χ4v) is 3.18. The molecule has 3 atom stereocenters. The zero-order valence-electron chi connectivity index (χ0n) is 12.7. The molecule has 23 heavy (non-hydrogen) atoms. The molecule has 4 rings (SSSR count). The average Bonchev–Trinajstić information content (AvgIpc) is 3.20. The van der Waals surface area contributed by atoms with E-state index in [0.717, 1.165) is 5.69 Å². The molecular weight excluding hydrogens is 302 g/mol. The molecule has 1 saturated heterocycles. The number of hydrogen-bond donors (Lipinski definition) is 2. The van der Waals surface area contributed by atoms with Gasteiger partial charge in [0, 0.05) is 19.7 Å². The lowest BCUT2D eigenvalue weighted by Crippen LogP contribution is -2.24. The number of imidazole rings is 2. The van der Waals surface area contributed by atoms with Gasteiger partial charge in [0.2, 0.25) is 5.78 Å². The smallest absolute Gasteiger partial charge is 0.287 e. The highest BCUT2D eigenvalue weighted by molar-refractivity contribution is 5.73. The van der Waals surface area contributed by atoms with Gasteiger partial charge in [-0.2, -0.15) is 0 Å². The molecule has 4 heterocycles. The summed E-state index contributed by atoms with van der Waals surface area (Å²) in [7, 11) is 1.80. The summed E-state index contributed by atoms with van der Waals surface area (Å²) in [6.07, 6.45) is 1.65. The van der Waals surface area contributed by atoms with Crippen molar-refractivity contribution >= 4 is 16.9 Å². The Morgan fingerprint density at radius 2 is 2.26 bits per heavy atom. The van der Waals surface area contributed by atoms with Crippen molar-refractivity contribution in [2.24, 2.45) is 7.05 Å². The molecule has 0 aromatic carbocycles. The van der Waals surface area contributed by atoms with E-state index in [4.69, 9.17) is 4.74 Å². The minimum absolute atomic E-state index is 0.246. The highest BCUT2D eigenvalue weighted by Gasteiger charge is 2.35. The standard InChI is InChI=1S/C14H17N5O4/c1-7-4-18-13(22)11-12(17(2)14(18)16-7)19(6-15-11)10-3-8(21)9(5-20)23-10/h4,6,8-10,20-21H,3,5H2,1-2H3/t8-,9+,10+/m0/s1. The summed E-state index contributed by atoms with van der Waals surface area (Å²) < 4.78 is 10.6. The lowest BCUT2D eigenvalue weighted by Gasteiger charge is -2.15. The molecule has 0 bridgehead atoms. The Labute approximate surface area is 130 Å². The fraction of sp³-hybridized carbons (Fsp3) is 0.500. The summed E-state index contributed by atoms with van der Waals surface area (Å²) in [6.45, 7) is 1.56. The largest absolute Gasteiger partial charge is 0.394 e. The van der Waals surface area contributed by atoms with E-state index < -0.39 is 18.4 Å². The second kappa shape index (κ2) is 4.88. The molecule has 9 heteroatoms. The SMILES string of the molecule is Cc1cn2c(=O)c3ncn([C@H]4C[C@H](O)[C@@H](CO)O4)c3n(C)c2n1. The predicted octanol–water partition coefficient (Wildman–Crippen LogP) is -0.668. The van der Waals surface area contributed by atoms with E-state index in [2.05, 4.69) is 9.97 Å². The van der Waals surface area contributed by atoms with E-state index in [-0.39, 0.29) is 12.2 Å². The van der Waals surface area contributed by atoms with Gasteiger partial charge in [-0.05, 0) is 6.92 Å². The van der Waals surface area contributed by atoms with Crippen LogP contribution in [0.25, 0.3) is 16.9 Å². The predicted molar refractivity (Wildman–Crippen MR) is 80.1 cm³/mol. The third-order valence-corrected chi connectivity index (χ3v) is 4.31. The maximum absolute atomic E-state index is 12.6. The third kappa shape index (κ3) is 1.94. The first-order valence-corrected chi connectivity index (χ1v) is 7.37. The van der Waals surface area contributed by atoms with Gasteiger partial charge in [0.05, 0.1) is 24.7 Å². The van der Waals surface area contributed by atoms with Crippen molar-refractivity contribution < 1.29 is 14.9 Å². The zero-order valence-corrected chi connectivity index (χ0v) is 12.7. The normalized spacial score (nSPS) is 25.0. The summed E-state index contributed by atoms with van der Waals surface area (Å²) >= 11 is 0. The minimum Gasteiger partial charge on any atom is -0.394 e. The van der Waals surface area contributed by atoms with Crippen molar-refractivity contribution in [2.75, 3.05) is 6.61 Å². The van der Waals surface area contributed by atoms with Crippen LogP contribution in [0.3, 0.4) is 0 Å². The number of fused-ring (bicyclic) bond motifs is 2. The van der Waals surface area contributed by atoms with Crippen LogP contribution >= 0.6 is 0 Å². The van der Waals surface area contributed by atoms with Gasteiger partial charge in [0.25, 0.3) is 5.56 Å². The Kier molecular flexibility index (Phi) is 3.05. The summed E-state index contributed by atoms with van der Waals surface area (Å²) in [6, 6.07) is 0. The van der Waals surface area contributed by atoms with Crippen molar-refractivity contribution in [1.82, 2.24) is 23.5 Å². The van der Waals surface area contributed by atoms with Crippen LogP contribution in [-0.4, -0.2) is 52.5 Å². The van der Waals surface area contributed by atoms with Crippen molar-refractivity contribution in [2.45, 2.75) is 31.8 Å². The molecule has 0 radical (unpaired) electrons. The van der Waals surface area contributed by atoms with Crippen LogP contribution in [0.4, 0.5) is 0 Å². The van der Waals surface area contributed by atoms with E-state index in [1.165, 1.54) is 10.7 Å². The topological polar surface area (TPSA) is 107 Å². The number of aliphatic hydroxyl groups is 2. The molecule has 0 saturated carbocycles. The Morgan fingerprint density at radius 1 is 1.48 bits per heavy atom. The quantitative estimate of drug-likeness (QED) is 0.649. The van der Waals surface area contributed by atoms with Crippen LogP contribution < -0.4 is 5.56 Å². The Morgan fingerprint density at radius 3 is 2.96 bits per heavy atom. The van der Waals surface area contributed by atoms with Crippen LogP contribution in [0.15, 0.2) is 17.3 Å². The van der Waals surface area contributed by atoms with Gasteiger partial charge in [-0.25, -0.2) is 14.4 Å². The van der Waals surface area contributed by atoms with Crippen molar-refractivity contribution in [3.05, 3.63) is 28.6 Å². The Hall–Kier alpha value is -2.23. The first-order valence-electron chi connectivity index (χ1n) is 7.37. The Bertz CT molecular complexity index is 956. The molecule has 1 fully saturated rings. The second-order valence-electron chi connectivity index (χ2n) is 5.86. The fourth-order valence-electron chi connectivity index (χ4n) is 3.18. The number of nitrogens with zero attached hydrogens (tertiary/aromatic N) is 5. The summed E-state index contributed by atoms with van der Waals surface area (Å²) in [5.41, 5.74) is 1.38. The van der Waals surface area contributed by atoms with E-state index in [0.29, 0.717) is 23.4 Å². The third-order valence-electron chi connectivity index (χ3n) is 4.31. The highest BCUT2D eigenvalue weighted by atomic mass is 16.5. The van der Waals surface area contributed by atoms with Gasteiger partial charge in [0.15, 0.2) is 11.2 Å². The lowest BCUT2D eigenvalue weighted by atomic mass is 10.2. The number of aryl methyl sites for hydroxylation is 2. The number of rotatable bonds is 2. The molecule has 3 aromatic heterocycles. The number of aromatic nitrogens is 5. The zero-order chi connectivity index (χ0) is 16.3. The van der Waals surface area contributed by atoms with Gasteiger partial charge in [-0.3, -0.25) is 13.9 Å². The molecule has 0 amide bonds. The van der Waals surface area contributed by atoms with Gasteiger partial charge < -0.3 is 14.9 Å². The van der Waals surface area contributed by atoms with Crippen LogP contribution in [0.1, 0.15) is 18.3 Å². The molecule has 1 aliphatic heterocycles. The van der Waals surface area contributed by atoms with E-state index in [9.17, 15) is 15.0 Å². The molecule has 122 valence electrons. The maximum Gasteiger partial charge on any atom is 0.287 e. The van der Waals surface area contributed by atoms with E-state index >= 15 is 0 Å². The molecule has 9 nitrogen and oxygen atoms in total. The molecule has 3 aromatic rings. The van der Waals surface area contributed by atoms with Gasteiger partial charge in [0.1, 0.15) is 12.3 Å². The molecular formula is C14H17N5O4. The summed E-state index contributed by atoms with van der Waals surface area (Å²) in [4.78, 5) is 21.2. The van der Waals surface area contributed by atoms with Gasteiger partial charge in [-0.15, -0.1) is 0 Å². The van der Waals surface area contributed by atoms with Crippen LogP contribution in [-0.2, 0) is 11.8 Å². The first-order chi connectivity index (χ1) is 11.0. The van der Waals surface area contributed by atoms with Gasteiger partial charge in [-0.1, -0.05) is 0 Å². The van der Waals surface area contributed by atoms with Crippen molar-refractivity contribution in [3.8, 4) is 0 Å². The Balaban J connectivity index is 1.94. The van der Waals surface area contributed by atoms with E-state index in [1.807, 2.05) is 6.92 Å². The van der Waals surface area contributed by atoms with Crippen molar-refractivity contribution in [3.63, 3.8) is 0 Å². The van der Waals surface area contributed by atoms with Crippen LogP contribution in [0.2, 0.25) is 0 Å². The molecule has 0 spiro atoms. The number of ether oxygens (including phenoxy) is 1. The summed E-state index contributed by atoms with van der Waals surface area (Å²) in [5.74, 6) is 0.513. The molecule has 1 aliphatic rings. The average molecular weight is 319 g/mol. The first kappa shape index (κ1) is 14.4. The molecule has 2 N–H and O–H groups in total. The number of hydrogen-bond acceptors (Lipinski definition) is 6. The molecule has 0 unspecified atom stereocenters. The minimum atomic E-state index is -0.753. The summed E-state index contributed by atoms with van der Waals surface area (Å²) in [5, 5.41) is 19.2. The lowest BCUT2D eigenvalue weighted by molar-refractivity contribution is -0.0433. The molecule has 0 aliphatic carbocycles. The van der Waals surface area contributed by atoms with E-state index in [1.54, 1.807) is 22.4 Å².